The molecule has 17 heavy (non-hydrogen) atoms. The molecule has 1 aromatic carbocycles. The van der Waals surface area contributed by atoms with Crippen molar-refractivity contribution < 1.29 is 0 Å². The molecule has 1 aromatic heterocycles. The summed E-state index contributed by atoms with van der Waals surface area (Å²) in [5, 5.41) is 3.73. The SMILES string of the molecule is Clc1cccc2sc(N3CCCCC[N]3)nc12. The fraction of sp³-hybridized carbons (Fsp3) is 0.417. The van der Waals surface area contributed by atoms with E-state index in [1.807, 2.05) is 17.1 Å². The number of rotatable bonds is 1. The van der Waals surface area contributed by atoms with Gasteiger partial charge in [0.1, 0.15) is 5.52 Å². The second-order valence-corrected chi connectivity index (χ2v) is 5.55. The number of para-hydroxylation sites is 1. The van der Waals surface area contributed by atoms with Crippen molar-refractivity contribution in [3.8, 4) is 0 Å². The zero-order valence-electron chi connectivity index (χ0n) is 9.40. The molecule has 0 aliphatic carbocycles. The van der Waals surface area contributed by atoms with Crippen LogP contribution >= 0.6 is 22.9 Å². The second kappa shape index (κ2) is 4.80. The Bertz CT molecular complexity index is 517. The summed E-state index contributed by atoms with van der Waals surface area (Å²) in [6, 6.07) is 5.90. The van der Waals surface area contributed by atoms with Crippen LogP contribution in [-0.4, -0.2) is 18.1 Å². The van der Waals surface area contributed by atoms with Crippen LogP contribution in [0.2, 0.25) is 5.02 Å². The van der Waals surface area contributed by atoms with Gasteiger partial charge in [-0.25, -0.2) is 4.98 Å². The van der Waals surface area contributed by atoms with Crippen molar-refractivity contribution in [1.82, 2.24) is 10.4 Å². The molecule has 5 heteroatoms. The average Bonchev–Trinajstić information content (AvgIpc) is 2.59. The van der Waals surface area contributed by atoms with Crippen molar-refractivity contribution in [2.24, 2.45) is 0 Å². The minimum atomic E-state index is 0.722. The highest BCUT2D eigenvalue weighted by Crippen LogP contribution is 2.32. The molecule has 0 spiro atoms. The summed E-state index contributed by atoms with van der Waals surface area (Å²) in [4.78, 5) is 4.60. The Morgan fingerprint density at radius 1 is 1.24 bits per heavy atom. The van der Waals surface area contributed by atoms with Crippen LogP contribution in [0.5, 0.6) is 0 Å². The van der Waals surface area contributed by atoms with Crippen LogP contribution in [0.4, 0.5) is 5.13 Å². The van der Waals surface area contributed by atoms with Crippen molar-refractivity contribution >= 4 is 38.3 Å². The van der Waals surface area contributed by atoms with Gasteiger partial charge in [-0.05, 0) is 25.0 Å². The molecule has 1 radical (unpaired) electrons. The van der Waals surface area contributed by atoms with Gasteiger partial charge in [0.25, 0.3) is 0 Å². The van der Waals surface area contributed by atoms with E-state index >= 15 is 0 Å². The zero-order valence-corrected chi connectivity index (χ0v) is 11.0. The molecule has 3 rings (SSSR count). The molecule has 1 aliphatic rings. The highest BCUT2D eigenvalue weighted by atomic mass is 35.5. The number of nitrogens with zero attached hydrogens (tertiary/aromatic N) is 3. The molecule has 2 aromatic rings. The molecule has 0 amide bonds. The summed E-state index contributed by atoms with van der Waals surface area (Å²) in [7, 11) is 0. The largest absolute Gasteiger partial charge is 0.266 e. The minimum absolute atomic E-state index is 0.722. The van der Waals surface area contributed by atoms with Gasteiger partial charge < -0.3 is 0 Å². The monoisotopic (exact) mass is 266 g/mol. The van der Waals surface area contributed by atoms with E-state index in [1.165, 1.54) is 19.3 Å². The third-order valence-electron chi connectivity index (χ3n) is 2.88. The highest BCUT2D eigenvalue weighted by Gasteiger charge is 2.15. The van der Waals surface area contributed by atoms with E-state index in [0.717, 1.165) is 33.5 Å². The lowest BCUT2D eigenvalue weighted by Gasteiger charge is -2.16. The van der Waals surface area contributed by atoms with Gasteiger partial charge in [-0.15, -0.1) is 5.43 Å². The predicted molar refractivity (Wildman–Crippen MR) is 72.8 cm³/mol. The number of aromatic nitrogens is 1. The third-order valence-corrected chi connectivity index (χ3v) is 4.22. The Morgan fingerprint density at radius 2 is 2.18 bits per heavy atom. The molecule has 0 bridgehead atoms. The first-order chi connectivity index (χ1) is 8.34. The van der Waals surface area contributed by atoms with Gasteiger partial charge in [-0.2, -0.15) is 0 Å². The topological polar surface area (TPSA) is 30.2 Å². The van der Waals surface area contributed by atoms with Crippen LogP contribution in [0.3, 0.4) is 0 Å². The first-order valence-corrected chi connectivity index (χ1v) is 7.04. The first kappa shape index (κ1) is 11.3. The molecule has 0 N–H and O–H groups in total. The lowest BCUT2D eigenvalue weighted by Crippen LogP contribution is -2.31. The Hall–Kier alpha value is -0.840. The van der Waals surface area contributed by atoms with Gasteiger partial charge in [0, 0.05) is 13.1 Å². The van der Waals surface area contributed by atoms with Gasteiger partial charge in [-0.3, -0.25) is 5.01 Å². The van der Waals surface area contributed by atoms with Crippen LogP contribution in [0, 0.1) is 0 Å². The molecular weight excluding hydrogens is 254 g/mol. The van der Waals surface area contributed by atoms with Crippen molar-refractivity contribution in [2.45, 2.75) is 19.3 Å². The van der Waals surface area contributed by atoms with E-state index < -0.39 is 0 Å². The Labute approximate surface area is 109 Å². The average molecular weight is 267 g/mol. The van der Waals surface area contributed by atoms with Crippen LogP contribution in [0.25, 0.3) is 10.2 Å². The van der Waals surface area contributed by atoms with Crippen molar-refractivity contribution in [3.63, 3.8) is 0 Å². The van der Waals surface area contributed by atoms with Gasteiger partial charge in [0.2, 0.25) is 5.13 Å². The normalized spacial score (nSPS) is 17.4. The van der Waals surface area contributed by atoms with E-state index in [0.29, 0.717) is 0 Å². The molecule has 0 unspecified atom stereocenters. The Kier molecular flexibility index (Phi) is 3.18. The van der Waals surface area contributed by atoms with Crippen LogP contribution < -0.4 is 10.4 Å². The third kappa shape index (κ3) is 2.25. The van der Waals surface area contributed by atoms with Gasteiger partial charge in [0.15, 0.2) is 0 Å². The van der Waals surface area contributed by atoms with E-state index in [2.05, 4.69) is 16.5 Å². The summed E-state index contributed by atoms with van der Waals surface area (Å²) in [5.74, 6) is 0. The standard InChI is InChI=1S/C12H13ClN3S/c13-9-5-4-6-10-11(9)15-12(17-10)16-8-3-1-2-7-14-16/h4-6H,1-3,7-8H2. The molecule has 0 atom stereocenters. The summed E-state index contributed by atoms with van der Waals surface area (Å²) < 4.78 is 1.13. The molecule has 2 heterocycles. The minimum Gasteiger partial charge on any atom is -0.266 e. The highest BCUT2D eigenvalue weighted by molar-refractivity contribution is 7.22. The predicted octanol–water partition coefficient (Wildman–Crippen LogP) is 3.46. The molecule has 1 aliphatic heterocycles. The van der Waals surface area contributed by atoms with Crippen molar-refractivity contribution in [3.05, 3.63) is 23.2 Å². The summed E-state index contributed by atoms with van der Waals surface area (Å²) in [5.41, 5.74) is 5.45. The smallest absolute Gasteiger partial charge is 0.202 e. The molecule has 1 saturated heterocycles. The summed E-state index contributed by atoms with van der Waals surface area (Å²) in [6.07, 6.45) is 3.63. The second-order valence-electron chi connectivity index (χ2n) is 4.13. The molecule has 1 fully saturated rings. The number of hydrogen-bond donors (Lipinski definition) is 0. The number of hydrogen-bond acceptors (Lipinski definition) is 3. The maximum absolute atomic E-state index is 6.14. The van der Waals surface area contributed by atoms with Crippen molar-refractivity contribution in [2.75, 3.05) is 18.1 Å². The fourth-order valence-electron chi connectivity index (χ4n) is 1.98. The lowest BCUT2D eigenvalue weighted by molar-refractivity contribution is 0.645. The maximum atomic E-state index is 6.14. The number of benzene rings is 1. The van der Waals surface area contributed by atoms with Gasteiger partial charge in [-0.1, -0.05) is 35.4 Å². The quantitative estimate of drug-likeness (QED) is 0.791. The zero-order chi connectivity index (χ0) is 11.7. The van der Waals surface area contributed by atoms with E-state index in [-0.39, 0.29) is 0 Å². The fourth-order valence-corrected chi connectivity index (χ4v) is 3.24. The lowest BCUT2D eigenvalue weighted by atomic mass is 10.2. The number of anilines is 1. The molecule has 3 nitrogen and oxygen atoms in total. The van der Waals surface area contributed by atoms with Crippen LogP contribution in [0.1, 0.15) is 19.3 Å². The maximum Gasteiger partial charge on any atom is 0.202 e. The Balaban J connectivity index is 1.96. The summed E-state index contributed by atoms with van der Waals surface area (Å²) >= 11 is 7.80. The number of halogens is 1. The molecular formula is C12H13ClN3S. The van der Waals surface area contributed by atoms with Gasteiger partial charge >= 0.3 is 0 Å². The van der Waals surface area contributed by atoms with Crippen LogP contribution in [-0.2, 0) is 0 Å². The van der Waals surface area contributed by atoms with E-state index in [1.54, 1.807) is 11.3 Å². The van der Waals surface area contributed by atoms with Crippen LogP contribution in [0.15, 0.2) is 18.2 Å². The number of fused-ring (bicyclic) bond motifs is 1. The first-order valence-electron chi connectivity index (χ1n) is 5.84. The number of thiazole rings is 1. The summed E-state index contributed by atoms with van der Waals surface area (Å²) in [6.45, 7) is 1.88. The Morgan fingerprint density at radius 3 is 3.06 bits per heavy atom. The molecule has 0 saturated carbocycles. The molecule has 89 valence electrons. The van der Waals surface area contributed by atoms with Crippen molar-refractivity contribution in [1.29, 1.82) is 0 Å². The van der Waals surface area contributed by atoms with Gasteiger partial charge in [0.05, 0.1) is 9.72 Å². The van der Waals surface area contributed by atoms with E-state index in [4.69, 9.17) is 11.6 Å². The van der Waals surface area contributed by atoms with E-state index in [9.17, 15) is 0 Å².